The smallest absolute Gasteiger partial charge is 0.354 e. The van der Waals surface area contributed by atoms with E-state index in [-0.39, 0.29) is 22.4 Å². The predicted octanol–water partition coefficient (Wildman–Crippen LogP) is 4.55. The summed E-state index contributed by atoms with van der Waals surface area (Å²) in [6, 6.07) is 18.3. The van der Waals surface area contributed by atoms with Crippen molar-refractivity contribution in [2.45, 2.75) is 16.3 Å². The standard InChI is InChI=1S/C24H15FN2O4S/c25-15-8-4-9-16(12-15)32-21-19(28)18-20(31-24(21)30)17-10-5-11-26-22(17)27(23(18)29)13-14-6-2-1-3-7-14/h1-12,28H,13H2. The highest BCUT2D eigenvalue weighted by molar-refractivity contribution is 7.99. The first kappa shape index (κ1) is 20.0. The monoisotopic (exact) mass is 446 g/mol. The van der Waals surface area contributed by atoms with Crippen LogP contribution in [0.3, 0.4) is 0 Å². The van der Waals surface area contributed by atoms with E-state index in [1.165, 1.54) is 22.8 Å². The Hall–Kier alpha value is -3.91. The van der Waals surface area contributed by atoms with Crippen molar-refractivity contribution >= 4 is 33.8 Å². The molecule has 8 heteroatoms. The molecule has 3 aromatic heterocycles. The van der Waals surface area contributed by atoms with Crippen LogP contribution >= 0.6 is 11.8 Å². The molecule has 0 bridgehead atoms. The maximum atomic E-state index is 13.6. The molecule has 0 aliphatic heterocycles. The third-order valence-corrected chi connectivity index (χ3v) is 6.06. The van der Waals surface area contributed by atoms with Gasteiger partial charge in [0.05, 0.1) is 11.9 Å². The summed E-state index contributed by atoms with van der Waals surface area (Å²) >= 11 is 0.834. The van der Waals surface area contributed by atoms with Gasteiger partial charge in [-0.2, -0.15) is 0 Å². The average molecular weight is 446 g/mol. The first-order valence-electron chi connectivity index (χ1n) is 9.67. The lowest BCUT2D eigenvalue weighted by Crippen LogP contribution is -2.23. The Morgan fingerprint density at radius 2 is 1.84 bits per heavy atom. The van der Waals surface area contributed by atoms with Crippen LogP contribution in [0.5, 0.6) is 5.75 Å². The first-order chi connectivity index (χ1) is 15.5. The summed E-state index contributed by atoms with van der Waals surface area (Å²) in [5, 5.41) is 11.3. The molecule has 0 fully saturated rings. The molecule has 0 spiro atoms. The van der Waals surface area contributed by atoms with Crippen molar-refractivity contribution in [2.24, 2.45) is 0 Å². The Bertz CT molecular complexity index is 1600. The topological polar surface area (TPSA) is 85.3 Å². The molecular formula is C24H15FN2O4S. The molecule has 32 heavy (non-hydrogen) atoms. The van der Waals surface area contributed by atoms with Gasteiger partial charge in [-0.25, -0.2) is 14.2 Å². The van der Waals surface area contributed by atoms with Gasteiger partial charge in [-0.3, -0.25) is 9.36 Å². The molecule has 5 rings (SSSR count). The van der Waals surface area contributed by atoms with E-state index in [0.29, 0.717) is 15.9 Å². The lowest BCUT2D eigenvalue weighted by molar-refractivity contribution is 0.446. The Balaban J connectivity index is 1.79. The van der Waals surface area contributed by atoms with Crippen LogP contribution in [0, 0.1) is 5.82 Å². The Labute approximate surface area is 184 Å². The second-order valence-electron chi connectivity index (χ2n) is 7.08. The zero-order valence-electron chi connectivity index (χ0n) is 16.5. The third-order valence-electron chi connectivity index (χ3n) is 5.00. The van der Waals surface area contributed by atoms with Crippen LogP contribution in [-0.4, -0.2) is 14.7 Å². The summed E-state index contributed by atoms with van der Waals surface area (Å²) in [5.74, 6) is -0.981. The zero-order chi connectivity index (χ0) is 22.2. The van der Waals surface area contributed by atoms with Crippen molar-refractivity contribution in [2.75, 3.05) is 0 Å². The largest absolute Gasteiger partial charge is 0.505 e. The van der Waals surface area contributed by atoms with Gasteiger partial charge in [0.25, 0.3) is 5.56 Å². The Morgan fingerprint density at radius 1 is 1.03 bits per heavy atom. The van der Waals surface area contributed by atoms with Crippen molar-refractivity contribution < 1.29 is 13.9 Å². The molecule has 0 aliphatic rings. The molecule has 0 saturated heterocycles. The fourth-order valence-corrected chi connectivity index (χ4v) is 4.44. The predicted molar refractivity (Wildman–Crippen MR) is 120 cm³/mol. The van der Waals surface area contributed by atoms with Crippen LogP contribution in [-0.2, 0) is 6.54 Å². The minimum Gasteiger partial charge on any atom is -0.505 e. The lowest BCUT2D eigenvalue weighted by Gasteiger charge is -2.13. The normalized spacial score (nSPS) is 11.3. The Morgan fingerprint density at radius 3 is 2.62 bits per heavy atom. The van der Waals surface area contributed by atoms with Crippen molar-refractivity contribution in [3.8, 4) is 5.75 Å². The van der Waals surface area contributed by atoms with Gasteiger partial charge in [-0.1, -0.05) is 48.2 Å². The van der Waals surface area contributed by atoms with Gasteiger partial charge in [0.2, 0.25) is 0 Å². The molecule has 0 radical (unpaired) electrons. The molecule has 0 saturated carbocycles. The van der Waals surface area contributed by atoms with Crippen molar-refractivity contribution in [1.29, 1.82) is 0 Å². The maximum Gasteiger partial charge on any atom is 0.354 e. The second-order valence-corrected chi connectivity index (χ2v) is 8.17. The van der Waals surface area contributed by atoms with Gasteiger partial charge >= 0.3 is 5.63 Å². The Kier molecular flexibility index (Phi) is 4.99. The van der Waals surface area contributed by atoms with E-state index in [1.54, 1.807) is 24.4 Å². The summed E-state index contributed by atoms with van der Waals surface area (Å²) in [6.07, 6.45) is 1.54. The SMILES string of the molecule is O=c1oc2c(c(O)c1Sc1cccc(F)c1)c(=O)n(Cc1ccccc1)c1ncccc21. The number of hydrogen-bond donors (Lipinski definition) is 1. The number of benzene rings is 2. The first-order valence-corrected chi connectivity index (χ1v) is 10.5. The number of halogens is 1. The fourth-order valence-electron chi connectivity index (χ4n) is 3.57. The summed E-state index contributed by atoms with van der Waals surface area (Å²) in [5.41, 5.74) is -0.199. The molecule has 0 atom stereocenters. The van der Waals surface area contributed by atoms with Crippen molar-refractivity contribution in [3.05, 3.63) is 105 Å². The number of hydrogen-bond acceptors (Lipinski definition) is 6. The molecule has 1 N–H and O–H groups in total. The minimum absolute atomic E-state index is 0.0338. The van der Waals surface area contributed by atoms with E-state index in [9.17, 15) is 19.1 Å². The van der Waals surface area contributed by atoms with E-state index in [0.717, 1.165) is 17.3 Å². The number of rotatable bonds is 4. The number of pyridine rings is 2. The second kappa shape index (κ2) is 7.97. The summed E-state index contributed by atoms with van der Waals surface area (Å²) in [6.45, 7) is 0.216. The molecular weight excluding hydrogens is 431 g/mol. The van der Waals surface area contributed by atoms with Crippen LogP contribution in [0.4, 0.5) is 4.39 Å². The highest BCUT2D eigenvalue weighted by Crippen LogP contribution is 2.37. The number of aromatic hydroxyl groups is 1. The van der Waals surface area contributed by atoms with Crippen LogP contribution in [0.2, 0.25) is 0 Å². The minimum atomic E-state index is -0.824. The van der Waals surface area contributed by atoms with Crippen LogP contribution < -0.4 is 11.2 Å². The van der Waals surface area contributed by atoms with Gasteiger partial charge in [-0.15, -0.1) is 0 Å². The molecule has 0 unspecified atom stereocenters. The molecule has 3 heterocycles. The van der Waals surface area contributed by atoms with E-state index in [1.807, 2.05) is 30.3 Å². The fraction of sp³-hybridized carbons (Fsp3) is 0.0417. The molecule has 0 amide bonds. The van der Waals surface area contributed by atoms with Crippen molar-refractivity contribution in [1.82, 2.24) is 9.55 Å². The van der Waals surface area contributed by atoms with E-state index in [2.05, 4.69) is 4.98 Å². The van der Waals surface area contributed by atoms with Gasteiger partial charge in [0.1, 0.15) is 21.7 Å². The van der Waals surface area contributed by atoms with Crippen LogP contribution in [0.25, 0.3) is 22.0 Å². The van der Waals surface area contributed by atoms with Crippen molar-refractivity contribution in [3.63, 3.8) is 0 Å². The van der Waals surface area contributed by atoms with E-state index < -0.39 is 22.8 Å². The van der Waals surface area contributed by atoms with E-state index >= 15 is 0 Å². The molecule has 5 aromatic rings. The number of fused-ring (bicyclic) bond motifs is 3. The molecule has 6 nitrogen and oxygen atoms in total. The highest BCUT2D eigenvalue weighted by Gasteiger charge is 2.23. The van der Waals surface area contributed by atoms with Gasteiger partial charge in [0.15, 0.2) is 11.3 Å². The van der Waals surface area contributed by atoms with E-state index in [4.69, 9.17) is 4.42 Å². The third kappa shape index (κ3) is 3.44. The number of aromatic nitrogens is 2. The quantitative estimate of drug-likeness (QED) is 0.408. The molecule has 0 aliphatic carbocycles. The molecule has 158 valence electrons. The van der Waals surface area contributed by atoms with Crippen LogP contribution in [0.15, 0.2) is 96.7 Å². The summed E-state index contributed by atoms with van der Waals surface area (Å²) in [7, 11) is 0. The maximum absolute atomic E-state index is 13.6. The van der Waals surface area contributed by atoms with Crippen LogP contribution in [0.1, 0.15) is 5.56 Å². The zero-order valence-corrected chi connectivity index (χ0v) is 17.3. The average Bonchev–Trinajstić information content (AvgIpc) is 2.80. The highest BCUT2D eigenvalue weighted by atomic mass is 32.2. The summed E-state index contributed by atoms with van der Waals surface area (Å²) < 4.78 is 20.5. The number of nitrogens with zero attached hydrogens (tertiary/aromatic N) is 2. The molecule has 2 aromatic carbocycles. The van der Waals surface area contributed by atoms with Gasteiger partial charge < -0.3 is 9.52 Å². The van der Waals surface area contributed by atoms with Gasteiger partial charge in [-0.05, 0) is 35.9 Å². The lowest BCUT2D eigenvalue weighted by atomic mass is 10.1. The van der Waals surface area contributed by atoms with Gasteiger partial charge in [0, 0.05) is 11.1 Å². The summed E-state index contributed by atoms with van der Waals surface area (Å²) in [4.78, 5) is 30.7.